The van der Waals surface area contributed by atoms with E-state index in [1.807, 2.05) is 6.92 Å². The minimum atomic E-state index is -3.59. The number of hydrogen-bond acceptors (Lipinski definition) is 5. The summed E-state index contributed by atoms with van der Waals surface area (Å²) >= 11 is 0. The number of aromatic nitrogens is 3. The molecule has 2 aromatic rings. The van der Waals surface area contributed by atoms with Crippen LogP contribution in [0, 0.1) is 5.82 Å². The van der Waals surface area contributed by atoms with Crippen molar-refractivity contribution in [1.29, 1.82) is 0 Å². The van der Waals surface area contributed by atoms with Gasteiger partial charge in [0.2, 0.25) is 0 Å². The molecular formula is C14H18FN5O3S. The number of benzene rings is 1. The van der Waals surface area contributed by atoms with Crippen molar-refractivity contribution in [3.05, 3.63) is 36.3 Å². The molecule has 0 aliphatic carbocycles. The molecule has 10 heteroatoms. The van der Waals surface area contributed by atoms with Crippen LogP contribution in [0.25, 0.3) is 0 Å². The number of carbonyl (C=O) groups is 1. The molecule has 0 atom stereocenters. The number of aryl methyl sites for hydroxylation is 1. The second-order valence-corrected chi connectivity index (χ2v) is 7.13. The summed E-state index contributed by atoms with van der Waals surface area (Å²) in [6, 6.07) is 3.96. The Hall–Kier alpha value is -2.49. The third kappa shape index (κ3) is 5.01. The molecular weight excluding hydrogens is 337 g/mol. The summed E-state index contributed by atoms with van der Waals surface area (Å²) in [5, 5.41) is 12.5. The first-order valence-electron chi connectivity index (χ1n) is 7.34. The van der Waals surface area contributed by atoms with Gasteiger partial charge < -0.3 is 5.32 Å². The van der Waals surface area contributed by atoms with Crippen molar-refractivity contribution in [2.24, 2.45) is 0 Å². The quantitative estimate of drug-likeness (QED) is 0.731. The van der Waals surface area contributed by atoms with Crippen LogP contribution in [0.2, 0.25) is 0 Å². The lowest BCUT2D eigenvalue weighted by molar-refractivity contribution is 0.252. The first-order valence-corrected chi connectivity index (χ1v) is 8.99. The number of nitrogens with one attached hydrogen (secondary N) is 2. The molecule has 0 fully saturated rings. The minimum Gasteiger partial charge on any atom is -0.337 e. The van der Waals surface area contributed by atoms with Crippen LogP contribution >= 0.6 is 0 Å². The van der Waals surface area contributed by atoms with E-state index in [0.29, 0.717) is 6.54 Å². The lowest BCUT2D eigenvalue weighted by atomic mass is 10.4. The molecule has 24 heavy (non-hydrogen) atoms. The summed E-state index contributed by atoms with van der Waals surface area (Å²) in [5.41, 5.74) is 0. The zero-order chi connectivity index (χ0) is 17.6. The Morgan fingerprint density at radius 2 is 2.00 bits per heavy atom. The van der Waals surface area contributed by atoms with E-state index < -0.39 is 21.7 Å². The zero-order valence-corrected chi connectivity index (χ0v) is 13.9. The number of amides is 2. The second kappa shape index (κ2) is 7.86. The van der Waals surface area contributed by atoms with E-state index in [9.17, 15) is 17.6 Å². The summed E-state index contributed by atoms with van der Waals surface area (Å²) in [6.45, 7) is 2.59. The maximum atomic E-state index is 12.8. The highest BCUT2D eigenvalue weighted by molar-refractivity contribution is 7.91. The molecule has 2 amide bonds. The molecule has 2 rings (SSSR count). The van der Waals surface area contributed by atoms with Gasteiger partial charge in [0.05, 0.1) is 16.8 Å². The zero-order valence-electron chi connectivity index (χ0n) is 13.1. The van der Waals surface area contributed by atoms with Gasteiger partial charge in [-0.25, -0.2) is 17.6 Å². The van der Waals surface area contributed by atoms with Crippen molar-refractivity contribution in [2.75, 3.05) is 17.6 Å². The third-order valence-corrected chi connectivity index (χ3v) is 4.79. The highest BCUT2D eigenvalue weighted by atomic mass is 32.2. The molecule has 1 heterocycles. The molecule has 0 aliphatic rings. The van der Waals surface area contributed by atoms with Gasteiger partial charge in [-0.05, 0) is 30.7 Å². The van der Waals surface area contributed by atoms with E-state index in [-0.39, 0.29) is 23.0 Å². The van der Waals surface area contributed by atoms with E-state index in [0.717, 1.165) is 18.6 Å². The van der Waals surface area contributed by atoms with E-state index in [1.165, 1.54) is 12.1 Å². The third-order valence-electron chi connectivity index (χ3n) is 3.06. The van der Waals surface area contributed by atoms with Crippen LogP contribution < -0.4 is 10.6 Å². The molecule has 0 spiro atoms. The van der Waals surface area contributed by atoms with Crippen LogP contribution in [-0.2, 0) is 16.4 Å². The fraction of sp³-hybridized carbons (Fsp3) is 0.357. The maximum Gasteiger partial charge on any atom is 0.320 e. The van der Waals surface area contributed by atoms with Crippen molar-refractivity contribution in [3.63, 3.8) is 0 Å². The van der Waals surface area contributed by atoms with Crippen molar-refractivity contribution in [3.8, 4) is 0 Å². The first kappa shape index (κ1) is 17.9. The molecule has 130 valence electrons. The first-order chi connectivity index (χ1) is 11.4. The van der Waals surface area contributed by atoms with Crippen LogP contribution in [-0.4, -0.2) is 41.7 Å². The van der Waals surface area contributed by atoms with E-state index >= 15 is 0 Å². The van der Waals surface area contributed by atoms with Gasteiger partial charge in [0.25, 0.3) is 0 Å². The highest BCUT2D eigenvalue weighted by Gasteiger charge is 2.15. The Labute approximate surface area is 139 Å². The van der Waals surface area contributed by atoms with E-state index in [2.05, 4.69) is 20.9 Å². The van der Waals surface area contributed by atoms with Crippen LogP contribution in [0.15, 0.2) is 35.4 Å². The summed E-state index contributed by atoms with van der Waals surface area (Å²) in [5.74, 6) is -0.529. The standard InChI is InChI=1S/C14H18FN5O3S/c1-2-8-20-10-13(18-19-20)17-14(21)16-7-9-24(22,23)12-5-3-11(15)4-6-12/h3-6,10H,2,7-9H2,1H3,(H2,16,17,21). The van der Waals surface area contributed by atoms with Gasteiger partial charge in [-0.1, -0.05) is 12.1 Å². The van der Waals surface area contributed by atoms with Gasteiger partial charge in [-0.3, -0.25) is 10.00 Å². The molecule has 0 radical (unpaired) electrons. The Morgan fingerprint density at radius 3 is 2.67 bits per heavy atom. The molecule has 0 saturated carbocycles. The van der Waals surface area contributed by atoms with E-state index in [1.54, 1.807) is 10.9 Å². The average molecular weight is 355 g/mol. The number of rotatable bonds is 7. The SMILES string of the molecule is CCCn1cc(NC(=O)NCCS(=O)(=O)c2ccc(F)cc2)nn1. The molecule has 0 bridgehead atoms. The number of halogens is 1. The second-order valence-electron chi connectivity index (χ2n) is 5.02. The Bertz CT molecular complexity index is 789. The number of anilines is 1. The predicted molar refractivity (Wildman–Crippen MR) is 85.8 cm³/mol. The van der Waals surface area contributed by atoms with Crippen molar-refractivity contribution < 1.29 is 17.6 Å². The van der Waals surface area contributed by atoms with Crippen LogP contribution in [0.4, 0.5) is 15.0 Å². The monoisotopic (exact) mass is 355 g/mol. The largest absolute Gasteiger partial charge is 0.337 e. The fourth-order valence-corrected chi connectivity index (χ4v) is 3.07. The summed E-state index contributed by atoms with van der Waals surface area (Å²) < 4.78 is 38.5. The Morgan fingerprint density at radius 1 is 1.29 bits per heavy atom. The lowest BCUT2D eigenvalue weighted by Gasteiger charge is -2.06. The van der Waals surface area contributed by atoms with Gasteiger partial charge >= 0.3 is 6.03 Å². The number of carbonyl (C=O) groups excluding carboxylic acids is 1. The van der Waals surface area contributed by atoms with Gasteiger partial charge in [0.15, 0.2) is 15.7 Å². The van der Waals surface area contributed by atoms with Crippen LogP contribution in [0.1, 0.15) is 13.3 Å². The number of hydrogen-bond donors (Lipinski definition) is 2. The highest BCUT2D eigenvalue weighted by Crippen LogP contribution is 2.11. The average Bonchev–Trinajstić information content (AvgIpc) is 2.95. The van der Waals surface area contributed by atoms with Crippen molar-refractivity contribution in [1.82, 2.24) is 20.3 Å². The number of sulfone groups is 1. The van der Waals surface area contributed by atoms with E-state index in [4.69, 9.17) is 0 Å². The van der Waals surface area contributed by atoms with Gasteiger partial charge in [-0.15, -0.1) is 5.10 Å². The topological polar surface area (TPSA) is 106 Å². The molecule has 1 aromatic heterocycles. The molecule has 0 unspecified atom stereocenters. The van der Waals surface area contributed by atoms with Crippen molar-refractivity contribution >= 4 is 21.7 Å². The molecule has 1 aromatic carbocycles. The minimum absolute atomic E-state index is 0.00798. The van der Waals surface area contributed by atoms with Crippen molar-refractivity contribution in [2.45, 2.75) is 24.8 Å². The summed E-state index contributed by atoms with van der Waals surface area (Å²) in [4.78, 5) is 11.7. The molecule has 0 aliphatic heterocycles. The lowest BCUT2D eigenvalue weighted by Crippen LogP contribution is -2.33. The van der Waals surface area contributed by atoms with Gasteiger partial charge in [0.1, 0.15) is 5.82 Å². The summed E-state index contributed by atoms with van der Waals surface area (Å²) in [7, 11) is -3.59. The maximum absolute atomic E-state index is 12.8. The number of urea groups is 1. The molecule has 2 N–H and O–H groups in total. The van der Waals surface area contributed by atoms with Gasteiger partial charge in [0, 0.05) is 13.1 Å². The Balaban J connectivity index is 1.82. The smallest absolute Gasteiger partial charge is 0.320 e. The summed E-state index contributed by atoms with van der Waals surface area (Å²) in [6.07, 6.45) is 2.47. The van der Waals surface area contributed by atoms with Crippen LogP contribution in [0.5, 0.6) is 0 Å². The predicted octanol–water partition coefficient (Wildman–Crippen LogP) is 1.42. The fourth-order valence-electron chi connectivity index (χ4n) is 1.91. The van der Waals surface area contributed by atoms with Gasteiger partial charge in [-0.2, -0.15) is 0 Å². The molecule has 8 nitrogen and oxygen atoms in total. The normalized spacial score (nSPS) is 11.2. The molecule has 0 saturated heterocycles. The Kier molecular flexibility index (Phi) is 5.85. The number of nitrogens with zero attached hydrogens (tertiary/aromatic N) is 3. The van der Waals surface area contributed by atoms with Crippen LogP contribution in [0.3, 0.4) is 0 Å².